The van der Waals surface area contributed by atoms with Gasteiger partial charge in [0, 0.05) is 5.69 Å². The van der Waals surface area contributed by atoms with Crippen LogP contribution in [0.5, 0.6) is 0 Å². The molecule has 0 saturated heterocycles. The van der Waals surface area contributed by atoms with Crippen LogP contribution in [-0.4, -0.2) is 15.4 Å². The minimum absolute atomic E-state index is 0.167. The van der Waals surface area contributed by atoms with Crippen LogP contribution in [0.25, 0.3) is 0 Å². The lowest BCUT2D eigenvalue weighted by Crippen LogP contribution is -2.00. The molecule has 5 heteroatoms. The van der Waals surface area contributed by atoms with Gasteiger partial charge in [0.15, 0.2) is 0 Å². The third kappa shape index (κ3) is 4.02. The average molecular weight is 200 g/mol. The first-order chi connectivity index (χ1) is 6.18. The second-order valence-electron chi connectivity index (χ2n) is 2.52. The van der Waals surface area contributed by atoms with Gasteiger partial charge in [0.25, 0.3) is 0 Å². The van der Waals surface area contributed by atoms with Crippen LogP contribution in [0.3, 0.4) is 0 Å². The maximum Gasteiger partial charge on any atom is 0.0842 e. The molecule has 0 aliphatic rings. The highest BCUT2D eigenvalue weighted by Crippen LogP contribution is 2.05. The number of rotatable bonds is 4. The fourth-order valence-electron chi connectivity index (χ4n) is 0.912. The van der Waals surface area contributed by atoms with E-state index in [2.05, 4.69) is 4.18 Å². The fraction of sp³-hybridized carbons (Fsp3) is 0.250. The molecule has 4 nitrogen and oxygen atoms in total. The van der Waals surface area contributed by atoms with E-state index in [0.29, 0.717) is 12.1 Å². The zero-order chi connectivity index (χ0) is 9.68. The number of benzene rings is 1. The van der Waals surface area contributed by atoms with Crippen LogP contribution in [0.2, 0.25) is 0 Å². The summed E-state index contributed by atoms with van der Waals surface area (Å²) in [5.41, 5.74) is 7.17. The van der Waals surface area contributed by atoms with Gasteiger partial charge in [-0.2, -0.15) is 0 Å². The highest BCUT2D eigenvalue weighted by molar-refractivity contribution is 7.74. The van der Waals surface area contributed by atoms with Gasteiger partial charge in [-0.1, -0.05) is 12.1 Å². The summed E-state index contributed by atoms with van der Waals surface area (Å²) in [6.45, 7) is 0.167. The van der Waals surface area contributed by atoms with Gasteiger partial charge in [-0.15, -0.1) is 0 Å². The Labute approximate surface area is 79.2 Å². The Bertz CT molecular complexity index is 286. The summed E-state index contributed by atoms with van der Waals surface area (Å²) >= 11 is -2.42. The zero-order valence-corrected chi connectivity index (χ0v) is 7.75. The fourth-order valence-corrected chi connectivity index (χ4v) is 1.13. The van der Waals surface area contributed by atoms with Gasteiger partial charge in [-0.05, 0) is 24.1 Å². The molecule has 0 bridgehead atoms. The second kappa shape index (κ2) is 4.96. The van der Waals surface area contributed by atoms with E-state index in [1.165, 1.54) is 0 Å². The highest BCUT2D eigenvalue weighted by atomic mass is 32.2. The van der Waals surface area contributed by atoms with Crippen LogP contribution in [0.15, 0.2) is 24.3 Å². The van der Waals surface area contributed by atoms with Crippen LogP contribution in [0, 0.1) is 0 Å². The molecule has 0 spiro atoms. The van der Waals surface area contributed by atoms with Crippen molar-refractivity contribution in [2.24, 2.45) is 0 Å². The summed E-state index contributed by atoms with van der Waals surface area (Å²) in [7, 11) is 0. The van der Waals surface area contributed by atoms with Gasteiger partial charge in [-0.3, -0.25) is 0 Å². The first-order valence-corrected chi connectivity index (χ1v) is 4.75. The lowest BCUT2D eigenvalue weighted by Gasteiger charge is -2.05. The van der Waals surface area contributed by atoms with Crippen molar-refractivity contribution < 1.29 is 12.9 Å². The van der Waals surface area contributed by atoms with Gasteiger partial charge >= 0.3 is 0 Å². The SMILES string of the molecule is Nc1ccc(CCOS(=O)[O-])cc1. The van der Waals surface area contributed by atoms with E-state index >= 15 is 0 Å². The highest BCUT2D eigenvalue weighted by Gasteiger charge is 1.92. The summed E-state index contributed by atoms with van der Waals surface area (Å²) < 4.78 is 24.4. The van der Waals surface area contributed by atoms with Crippen LogP contribution in [0.4, 0.5) is 5.69 Å². The van der Waals surface area contributed by atoms with Crippen molar-refractivity contribution in [2.75, 3.05) is 12.3 Å². The van der Waals surface area contributed by atoms with Gasteiger partial charge < -0.3 is 14.5 Å². The van der Waals surface area contributed by atoms with Crippen molar-refractivity contribution in [3.63, 3.8) is 0 Å². The number of nitrogens with two attached hydrogens (primary N) is 1. The molecule has 0 aromatic heterocycles. The van der Waals surface area contributed by atoms with Crippen LogP contribution < -0.4 is 5.73 Å². The molecule has 1 aromatic rings. The molecular weight excluding hydrogens is 190 g/mol. The Kier molecular flexibility index (Phi) is 3.88. The average Bonchev–Trinajstić information content (AvgIpc) is 2.08. The Morgan fingerprint density at radius 3 is 2.54 bits per heavy atom. The van der Waals surface area contributed by atoms with E-state index in [9.17, 15) is 8.76 Å². The Balaban J connectivity index is 2.37. The molecule has 0 amide bonds. The molecule has 13 heavy (non-hydrogen) atoms. The molecule has 1 rings (SSSR count). The van der Waals surface area contributed by atoms with Gasteiger partial charge in [0.2, 0.25) is 0 Å². The molecule has 0 fully saturated rings. The summed E-state index contributed by atoms with van der Waals surface area (Å²) in [4.78, 5) is 0. The van der Waals surface area contributed by atoms with E-state index in [4.69, 9.17) is 5.73 Å². The standard InChI is InChI=1S/C8H11NO3S/c9-8-3-1-7(2-4-8)5-6-12-13(10)11/h1-4H,5-6,9H2,(H,10,11)/p-1. The molecule has 0 saturated carbocycles. The van der Waals surface area contributed by atoms with Crippen molar-refractivity contribution in [2.45, 2.75) is 6.42 Å². The minimum Gasteiger partial charge on any atom is -0.750 e. The number of nitrogen functional groups attached to an aromatic ring is 1. The molecule has 72 valence electrons. The zero-order valence-electron chi connectivity index (χ0n) is 6.93. The molecule has 1 unspecified atom stereocenters. The number of hydrogen-bond acceptors (Lipinski definition) is 4. The molecule has 1 aromatic carbocycles. The molecule has 0 radical (unpaired) electrons. The Morgan fingerprint density at radius 2 is 2.00 bits per heavy atom. The predicted octanol–water partition coefficient (Wildman–Crippen LogP) is 0.622. The topological polar surface area (TPSA) is 75.4 Å². The molecule has 2 N–H and O–H groups in total. The maximum absolute atomic E-state index is 10.0. The van der Waals surface area contributed by atoms with E-state index in [-0.39, 0.29) is 6.61 Å². The van der Waals surface area contributed by atoms with Gasteiger partial charge in [0.05, 0.1) is 18.0 Å². The smallest absolute Gasteiger partial charge is 0.0842 e. The summed E-state index contributed by atoms with van der Waals surface area (Å²) in [6, 6.07) is 7.21. The lowest BCUT2D eigenvalue weighted by molar-refractivity contribution is 0.304. The number of hydrogen-bond donors (Lipinski definition) is 1. The summed E-state index contributed by atoms with van der Waals surface area (Å²) in [5, 5.41) is 0. The third-order valence-electron chi connectivity index (χ3n) is 1.55. The lowest BCUT2D eigenvalue weighted by atomic mass is 10.1. The first kappa shape index (κ1) is 10.2. The maximum atomic E-state index is 10.0. The minimum atomic E-state index is -2.42. The quantitative estimate of drug-likeness (QED) is 0.571. The molecular formula is C8H10NO3S-. The van der Waals surface area contributed by atoms with Crippen molar-refractivity contribution in [3.05, 3.63) is 29.8 Å². The Morgan fingerprint density at radius 1 is 1.38 bits per heavy atom. The Hall–Kier alpha value is -0.910. The van der Waals surface area contributed by atoms with Gasteiger partial charge in [0.1, 0.15) is 0 Å². The summed E-state index contributed by atoms with van der Waals surface area (Å²) in [6.07, 6.45) is 0.564. The van der Waals surface area contributed by atoms with E-state index in [1.807, 2.05) is 12.1 Å². The van der Waals surface area contributed by atoms with Gasteiger partial charge in [-0.25, -0.2) is 4.21 Å². The van der Waals surface area contributed by atoms with Crippen molar-refractivity contribution in [3.8, 4) is 0 Å². The monoisotopic (exact) mass is 200 g/mol. The second-order valence-corrected chi connectivity index (χ2v) is 3.16. The predicted molar refractivity (Wildman–Crippen MR) is 49.4 cm³/mol. The van der Waals surface area contributed by atoms with Crippen LogP contribution in [0.1, 0.15) is 5.56 Å². The number of anilines is 1. The van der Waals surface area contributed by atoms with E-state index < -0.39 is 11.4 Å². The van der Waals surface area contributed by atoms with Crippen molar-refractivity contribution in [1.82, 2.24) is 0 Å². The third-order valence-corrected chi connectivity index (χ3v) is 1.91. The van der Waals surface area contributed by atoms with Crippen LogP contribution in [-0.2, 0) is 22.0 Å². The van der Waals surface area contributed by atoms with Crippen molar-refractivity contribution >= 4 is 17.0 Å². The van der Waals surface area contributed by atoms with Crippen LogP contribution >= 0.6 is 0 Å². The molecule has 1 atom stereocenters. The molecule has 0 heterocycles. The van der Waals surface area contributed by atoms with E-state index in [0.717, 1.165) is 5.56 Å². The first-order valence-electron chi connectivity index (χ1n) is 3.75. The van der Waals surface area contributed by atoms with E-state index in [1.54, 1.807) is 12.1 Å². The van der Waals surface area contributed by atoms with Crippen molar-refractivity contribution in [1.29, 1.82) is 0 Å². The summed E-state index contributed by atoms with van der Waals surface area (Å²) in [5.74, 6) is 0. The normalized spacial score (nSPS) is 12.7. The molecule has 0 aliphatic carbocycles. The molecule has 0 aliphatic heterocycles. The largest absolute Gasteiger partial charge is 0.750 e.